The van der Waals surface area contributed by atoms with Crippen LogP contribution in [0.25, 0.3) is 72.2 Å². The van der Waals surface area contributed by atoms with E-state index in [1.54, 1.807) is 0 Å². The Balaban J connectivity index is 1.24. The average molecular weight is 568 g/mol. The highest BCUT2D eigenvalue weighted by Crippen LogP contribution is 2.35. The summed E-state index contributed by atoms with van der Waals surface area (Å²) in [5, 5.41) is 7.17. The molecule has 0 aliphatic heterocycles. The quantitative estimate of drug-likeness (QED) is 0.194. The summed E-state index contributed by atoms with van der Waals surface area (Å²) in [5.41, 5.74) is 12.4. The molecule has 8 rings (SSSR count). The Kier molecular flexibility index (Phi) is 6.23. The molecular formula is C39H29N5. The number of pyridine rings is 3. The van der Waals surface area contributed by atoms with Crippen LogP contribution >= 0.6 is 0 Å². The lowest BCUT2D eigenvalue weighted by Gasteiger charge is -2.12. The number of hydrogen-bond donors (Lipinski definition) is 0. The van der Waals surface area contributed by atoms with Gasteiger partial charge in [0.15, 0.2) is 11.5 Å². The second-order valence-corrected chi connectivity index (χ2v) is 11.2. The fraction of sp³-hybridized carbons (Fsp3) is 0.0769. The molecule has 5 heteroatoms. The second kappa shape index (κ2) is 10.5. The molecule has 0 saturated heterocycles. The van der Waals surface area contributed by atoms with Gasteiger partial charge in [0.2, 0.25) is 0 Å². The molecule has 0 radical (unpaired) electrons. The van der Waals surface area contributed by atoms with Gasteiger partial charge in [0.05, 0.1) is 11.0 Å². The smallest absolute Gasteiger partial charge is 0.182 e. The maximum absolute atomic E-state index is 5.05. The predicted molar refractivity (Wildman–Crippen MR) is 179 cm³/mol. The van der Waals surface area contributed by atoms with Gasteiger partial charge in [-0.2, -0.15) is 0 Å². The molecule has 4 heterocycles. The lowest BCUT2D eigenvalue weighted by molar-refractivity contribution is 0.968. The Morgan fingerprint density at radius 3 is 2.00 bits per heavy atom. The Labute approximate surface area is 255 Å². The van der Waals surface area contributed by atoms with Crippen molar-refractivity contribution < 1.29 is 0 Å². The van der Waals surface area contributed by atoms with Gasteiger partial charge >= 0.3 is 0 Å². The molecule has 0 N–H and O–H groups in total. The third-order valence-electron chi connectivity index (χ3n) is 8.27. The standard InChI is InChI=1S/C39H29N5/c1-3-32-23-34(33-21-20-29-15-14-25(2)40-36(29)37(33)41-32)28-16-18-30(19-17-28)38-42-39-35(27-12-8-5-9-13-27)22-31(24-44(39)43-38)26-10-6-4-7-11-26/h4-24H,3H2,1-2H3. The molecule has 4 aromatic carbocycles. The van der Waals surface area contributed by atoms with Crippen molar-refractivity contribution in [3.05, 3.63) is 139 Å². The molecule has 0 spiro atoms. The lowest BCUT2D eigenvalue weighted by Crippen LogP contribution is -1.95. The second-order valence-electron chi connectivity index (χ2n) is 11.2. The van der Waals surface area contributed by atoms with Crippen LogP contribution in [0.5, 0.6) is 0 Å². The van der Waals surface area contributed by atoms with Gasteiger partial charge < -0.3 is 0 Å². The van der Waals surface area contributed by atoms with Crippen molar-refractivity contribution in [3.8, 4) is 44.8 Å². The van der Waals surface area contributed by atoms with Crippen LogP contribution in [-0.4, -0.2) is 24.6 Å². The maximum atomic E-state index is 5.05. The molecule has 0 saturated carbocycles. The number of rotatable bonds is 5. The fourth-order valence-electron chi connectivity index (χ4n) is 5.97. The first-order valence-electron chi connectivity index (χ1n) is 15.0. The van der Waals surface area contributed by atoms with Gasteiger partial charge in [-0.05, 0) is 53.8 Å². The normalized spacial score (nSPS) is 11.5. The number of hydrogen-bond acceptors (Lipinski definition) is 4. The summed E-state index contributed by atoms with van der Waals surface area (Å²) in [6.07, 6.45) is 2.92. The summed E-state index contributed by atoms with van der Waals surface area (Å²) >= 11 is 0. The summed E-state index contributed by atoms with van der Waals surface area (Å²) < 4.78 is 1.91. The summed E-state index contributed by atoms with van der Waals surface area (Å²) in [5.74, 6) is 0.693. The Bertz CT molecular complexity index is 2300. The minimum atomic E-state index is 0.693. The van der Waals surface area contributed by atoms with Crippen molar-refractivity contribution in [2.75, 3.05) is 0 Å². The summed E-state index contributed by atoms with van der Waals surface area (Å²) in [6, 6.07) is 42.3. The van der Waals surface area contributed by atoms with Gasteiger partial charge in [0.25, 0.3) is 0 Å². The van der Waals surface area contributed by atoms with Gasteiger partial charge in [0, 0.05) is 45.0 Å². The van der Waals surface area contributed by atoms with Crippen molar-refractivity contribution in [1.82, 2.24) is 24.6 Å². The van der Waals surface area contributed by atoms with Crippen LogP contribution < -0.4 is 0 Å². The van der Waals surface area contributed by atoms with Crippen LogP contribution in [-0.2, 0) is 6.42 Å². The highest BCUT2D eigenvalue weighted by atomic mass is 15.3. The van der Waals surface area contributed by atoms with E-state index in [4.69, 9.17) is 20.1 Å². The average Bonchev–Trinajstić information content (AvgIpc) is 3.52. The summed E-state index contributed by atoms with van der Waals surface area (Å²) in [6.45, 7) is 4.17. The SMILES string of the molecule is CCc1cc(-c2ccc(-c3nc4c(-c5ccccc5)cc(-c5ccccc5)cn4n3)cc2)c2ccc3ccc(C)nc3c2n1. The first kappa shape index (κ1) is 26.0. The maximum Gasteiger partial charge on any atom is 0.182 e. The van der Waals surface area contributed by atoms with Gasteiger partial charge in [-0.15, -0.1) is 5.10 Å². The predicted octanol–water partition coefficient (Wildman–Crippen LogP) is 9.36. The van der Waals surface area contributed by atoms with Crippen LogP contribution in [0.4, 0.5) is 0 Å². The van der Waals surface area contributed by atoms with Crippen LogP contribution in [0, 0.1) is 6.92 Å². The molecule has 0 aliphatic carbocycles. The third kappa shape index (κ3) is 4.50. The minimum Gasteiger partial charge on any atom is -0.251 e. The van der Waals surface area contributed by atoms with Crippen molar-refractivity contribution in [2.45, 2.75) is 20.3 Å². The molecule has 210 valence electrons. The van der Waals surface area contributed by atoms with Crippen LogP contribution in [0.2, 0.25) is 0 Å². The van der Waals surface area contributed by atoms with Gasteiger partial charge in [0.1, 0.15) is 0 Å². The molecule has 0 atom stereocenters. The van der Waals surface area contributed by atoms with E-state index in [0.29, 0.717) is 5.82 Å². The molecule has 5 nitrogen and oxygen atoms in total. The van der Waals surface area contributed by atoms with E-state index in [1.165, 1.54) is 0 Å². The van der Waals surface area contributed by atoms with Crippen molar-refractivity contribution in [2.24, 2.45) is 0 Å². The van der Waals surface area contributed by atoms with Gasteiger partial charge in [-0.25, -0.2) is 9.50 Å². The number of aromatic nitrogens is 5. The topological polar surface area (TPSA) is 56.0 Å². The molecule has 0 unspecified atom stereocenters. The molecule has 0 fully saturated rings. The Hall–Kier alpha value is -5.68. The first-order chi connectivity index (χ1) is 21.6. The van der Waals surface area contributed by atoms with Crippen molar-refractivity contribution >= 4 is 27.5 Å². The van der Waals surface area contributed by atoms with Crippen molar-refractivity contribution in [3.63, 3.8) is 0 Å². The van der Waals surface area contributed by atoms with E-state index < -0.39 is 0 Å². The highest BCUT2D eigenvalue weighted by molar-refractivity contribution is 6.08. The van der Waals surface area contributed by atoms with E-state index in [2.05, 4.69) is 122 Å². The number of fused-ring (bicyclic) bond motifs is 4. The molecule has 4 aromatic heterocycles. The molecule has 0 aliphatic rings. The molecule has 0 amide bonds. The first-order valence-corrected chi connectivity index (χ1v) is 15.0. The van der Waals surface area contributed by atoms with Crippen molar-refractivity contribution in [1.29, 1.82) is 0 Å². The lowest BCUT2D eigenvalue weighted by atomic mass is 9.97. The van der Waals surface area contributed by atoms with E-state index >= 15 is 0 Å². The molecular weight excluding hydrogens is 538 g/mol. The Morgan fingerprint density at radius 2 is 1.25 bits per heavy atom. The highest BCUT2D eigenvalue weighted by Gasteiger charge is 2.16. The summed E-state index contributed by atoms with van der Waals surface area (Å²) in [4.78, 5) is 14.9. The number of aryl methyl sites for hydroxylation is 2. The zero-order valence-electron chi connectivity index (χ0n) is 24.6. The number of benzene rings is 4. The van der Waals surface area contributed by atoms with E-state index in [1.807, 2.05) is 23.6 Å². The minimum absolute atomic E-state index is 0.693. The monoisotopic (exact) mass is 567 g/mol. The van der Waals surface area contributed by atoms with Crippen LogP contribution in [0.15, 0.2) is 128 Å². The zero-order chi connectivity index (χ0) is 29.6. The van der Waals surface area contributed by atoms with Gasteiger partial charge in [-0.3, -0.25) is 9.97 Å². The van der Waals surface area contributed by atoms with E-state index in [9.17, 15) is 0 Å². The largest absolute Gasteiger partial charge is 0.251 e. The molecule has 44 heavy (non-hydrogen) atoms. The van der Waals surface area contributed by atoms with Gasteiger partial charge in [-0.1, -0.05) is 110 Å². The zero-order valence-corrected chi connectivity index (χ0v) is 24.6. The number of nitrogens with zero attached hydrogens (tertiary/aromatic N) is 5. The van der Waals surface area contributed by atoms with E-state index in [0.717, 1.165) is 84.2 Å². The third-order valence-corrected chi connectivity index (χ3v) is 8.27. The fourth-order valence-corrected chi connectivity index (χ4v) is 5.97. The Morgan fingerprint density at radius 1 is 0.568 bits per heavy atom. The van der Waals surface area contributed by atoms with Crippen LogP contribution in [0.1, 0.15) is 18.3 Å². The van der Waals surface area contributed by atoms with E-state index in [-0.39, 0.29) is 0 Å². The molecule has 8 aromatic rings. The molecule has 0 bridgehead atoms. The van der Waals surface area contributed by atoms with Crippen LogP contribution in [0.3, 0.4) is 0 Å². The summed E-state index contributed by atoms with van der Waals surface area (Å²) in [7, 11) is 0.